The van der Waals surface area contributed by atoms with Gasteiger partial charge in [0.05, 0.1) is 4.92 Å². The Bertz CT molecular complexity index is 732. The van der Waals surface area contributed by atoms with Crippen molar-refractivity contribution >= 4 is 11.6 Å². The molecule has 25 heavy (non-hydrogen) atoms. The van der Waals surface area contributed by atoms with Gasteiger partial charge in [0.25, 0.3) is 11.6 Å². The molecule has 0 aliphatic rings. The first-order valence-corrected chi connectivity index (χ1v) is 8.23. The Balaban J connectivity index is 1.75. The van der Waals surface area contributed by atoms with Crippen LogP contribution in [0.2, 0.25) is 0 Å². The number of rotatable bonds is 8. The molecule has 0 saturated carbocycles. The van der Waals surface area contributed by atoms with Crippen LogP contribution in [0.3, 0.4) is 0 Å². The SMILES string of the molecule is Cc1cc(C(=O)NCCCN(C)Cc2ccccc2)ccc1[N+](=O)[O-]. The lowest BCUT2D eigenvalue weighted by Gasteiger charge is -2.16. The first kappa shape index (κ1) is 18.6. The van der Waals surface area contributed by atoms with Gasteiger partial charge in [-0.05, 0) is 44.6 Å². The molecule has 0 fully saturated rings. The molecule has 0 aliphatic carbocycles. The van der Waals surface area contributed by atoms with Crippen molar-refractivity contribution in [3.8, 4) is 0 Å². The second kappa shape index (κ2) is 8.94. The Morgan fingerprint density at radius 1 is 1.20 bits per heavy atom. The summed E-state index contributed by atoms with van der Waals surface area (Å²) < 4.78 is 0. The molecule has 0 atom stereocenters. The summed E-state index contributed by atoms with van der Waals surface area (Å²) in [5, 5.41) is 13.7. The smallest absolute Gasteiger partial charge is 0.272 e. The van der Waals surface area contributed by atoms with E-state index in [9.17, 15) is 14.9 Å². The summed E-state index contributed by atoms with van der Waals surface area (Å²) in [7, 11) is 2.05. The second-order valence-corrected chi connectivity index (χ2v) is 6.09. The largest absolute Gasteiger partial charge is 0.352 e. The van der Waals surface area contributed by atoms with Crippen LogP contribution in [0, 0.1) is 17.0 Å². The Morgan fingerprint density at radius 2 is 1.92 bits per heavy atom. The fourth-order valence-corrected chi connectivity index (χ4v) is 2.63. The van der Waals surface area contributed by atoms with Crippen LogP contribution < -0.4 is 5.32 Å². The number of amides is 1. The van der Waals surface area contributed by atoms with Crippen LogP contribution in [-0.4, -0.2) is 35.9 Å². The summed E-state index contributed by atoms with van der Waals surface area (Å²) in [4.78, 5) is 24.7. The maximum absolute atomic E-state index is 12.1. The molecule has 6 heteroatoms. The van der Waals surface area contributed by atoms with Crippen molar-refractivity contribution in [1.29, 1.82) is 0 Å². The van der Waals surface area contributed by atoms with Crippen molar-refractivity contribution in [2.75, 3.05) is 20.1 Å². The van der Waals surface area contributed by atoms with E-state index in [1.165, 1.54) is 17.7 Å². The number of nitro groups is 1. The van der Waals surface area contributed by atoms with E-state index in [0.29, 0.717) is 17.7 Å². The average Bonchev–Trinajstić information content (AvgIpc) is 2.59. The monoisotopic (exact) mass is 341 g/mol. The number of hydrogen-bond donors (Lipinski definition) is 1. The van der Waals surface area contributed by atoms with Gasteiger partial charge in [-0.15, -0.1) is 0 Å². The maximum Gasteiger partial charge on any atom is 0.272 e. The summed E-state index contributed by atoms with van der Waals surface area (Å²) in [5.41, 5.74) is 2.22. The molecule has 132 valence electrons. The predicted molar refractivity (Wildman–Crippen MR) is 97.6 cm³/mol. The van der Waals surface area contributed by atoms with E-state index < -0.39 is 4.92 Å². The van der Waals surface area contributed by atoms with Crippen molar-refractivity contribution in [3.63, 3.8) is 0 Å². The highest BCUT2D eigenvalue weighted by Gasteiger charge is 2.13. The molecule has 0 heterocycles. The second-order valence-electron chi connectivity index (χ2n) is 6.09. The molecule has 0 bridgehead atoms. The Hall–Kier alpha value is -2.73. The van der Waals surface area contributed by atoms with E-state index in [2.05, 4.69) is 29.4 Å². The molecule has 0 radical (unpaired) electrons. The zero-order chi connectivity index (χ0) is 18.2. The van der Waals surface area contributed by atoms with Crippen molar-refractivity contribution < 1.29 is 9.72 Å². The quantitative estimate of drug-likeness (QED) is 0.455. The molecule has 0 aliphatic heterocycles. The highest BCUT2D eigenvalue weighted by molar-refractivity contribution is 5.94. The van der Waals surface area contributed by atoms with Crippen LogP contribution in [0.5, 0.6) is 0 Å². The highest BCUT2D eigenvalue weighted by Crippen LogP contribution is 2.18. The van der Waals surface area contributed by atoms with E-state index in [1.807, 2.05) is 18.2 Å². The van der Waals surface area contributed by atoms with Gasteiger partial charge in [0.15, 0.2) is 0 Å². The number of hydrogen-bond acceptors (Lipinski definition) is 4. The van der Waals surface area contributed by atoms with E-state index in [0.717, 1.165) is 19.5 Å². The molecular weight excluding hydrogens is 318 g/mol. The van der Waals surface area contributed by atoms with Gasteiger partial charge in [0, 0.05) is 30.3 Å². The predicted octanol–water partition coefficient (Wildman–Crippen LogP) is 3.16. The topological polar surface area (TPSA) is 75.5 Å². The molecule has 2 rings (SSSR count). The van der Waals surface area contributed by atoms with Crippen LogP contribution in [0.25, 0.3) is 0 Å². The van der Waals surface area contributed by atoms with Crippen LogP contribution in [-0.2, 0) is 6.54 Å². The fraction of sp³-hybridized carbons (Fsp3) is 0.316. The van der Waals surface area contributed by atoms with Gasteiger partial charge in [-0.1, -0.05) is 30.3 Å². The zero-order valence-electron chi connectivity index (χ0n) is 14.6. The summed E-state index contributed by atoms with van der Waals surface area (Å²) in [6, 6.07) is 14.6. The summed E-state index contributed by atoms with van der Waals surface area (Å²) in [6.07, 6.45) is 0.834. The molecule has 1 N–H and O–H groups in total. The van der Waals surface area contributed by atoms with Gasteiger partial charge in [-0.25, -0.2) is 0 Å². The lowest BCUT2D eigenvalue weighted by atomic mass is 10.1. The molecule has 2 aromatic carbocycles. The number of aryl methyl sites for hydroxylation is 1. The number of nitrogens with one attached hydrogen (secondary N) is 1. The van der Waals surface area contributed by atoms with E-state index in [4.69, 9.17) is 0 Å². The van der Waals surface area contributed by atoms with E-state index in [-0.39, 0.29) is 11.6 Å². The van der Waals surface area contributed by atoms with Crippen molar-refractivity contribution in [2.45, 2.75) is 19.9 Å². The van der Waals surface area contributed by atoms with Gasteiger partial charge in [0.2, 0.25) is 0 Å². The summed E-state index contributed by atoms with van der Waals surface area (Å²) in [5.74, 6) is -0.205. The Labute approximate surface area is 147 Å². The molecule has 0 saturated heterocycles. The average molecular weight is 341 g/mol. The molecular formula is C19H23N3O3. The lowest BCUT2D eigenvalue weighted by Crippen LogP contribution is -2.28. The van der Waals surface area contributed by atoms with E-state index >= 15 is 0 Å². The molecule has 0 spiro atoms. The minimum atomic E-state index is -0.445. The van der Waals surface area contributed by atoms with Crippen LogP contribution in [0.1, 0.15) is 27.9 Å². The van der Waals surface area contributed by atoms with Crippen molar-refractivity contribution in [2.24, 2.45) is 0 Å². The minimum Gasteiger partial charge on any atom is -0.352 e. The standard InChI is InChI=1S/C19H23N3O3/c1-15-13-17(9-10-18(15)22(24)25)19(23)20-11-6-12-21(2)14-16-7-4-3-5-8-16/h3-5,7-10,13H,6,11-12,14H2,1-2H3,(H,20,23). The van der Waals surface area contributed by atoms with Crippen LogP contribution in [0.4, 0.5) is 5.69 Å². The third-order valence-electron chi connectivity index (χ3n) is 3.95. The Morgan fingerprint density at radius 3 is 2.56 bits per heavy atom. The highest BCUT2D eigenvalue weighted by atomic mass is 16.6. The molecule has 1 amide bonds. The van der Waals surface area contributed by atoms with Crippen molar-refractivity contribution in [1.82, 2.24) is 10.2 Å². The Kier molecular flexibility index (Phi) is 6.65. The number of benzene rings is 2. The van der Waals surface area contributed by atoms with Gasteiger partial charge in [-0.3, -0.25) is 14.9 Å². The normalized spacial score (nSPS) is 10.7. The molecule has 2 aromatic rings. The van der Waals surface area contributed by atoms with Crippen LogP contribution >= 0.6 is 0 Å². The first-order valence-electron chi connectivity index (χ1n) is 8.23. The molecule has 0 aromatic heterocycles. The number of carbonyl (C=O) groups is 1. The third kappa shape index (κ3) is 5.69. The van der Waals surface area contributed by atoms with Gasteiger partial charge in [0.1, 0.15) is 0 Å². The van der Waals surface area contributed by atoms with Gasteiger partial charge in [-0.2, -0.15) is 0 Å². The van der Waals surface area contributed by atoms with Gasteiger partial charge >= 0.3 is 0 Å². The zero-order valence-corrected chi connectivity index (χ0v) is 14.6. The number of nitro benzene ring substituents is 1. The van der Waals surface area contributed by atoms with Gasteiger partial charge < -0.3 is 10.2 Å². The summed E-state index contributed by atoms with van der Waals surface area (Å²) in [6.45, 7) is 3.94. The minimum absolute atomic E-state index is 0.0269. The third-order valence-corrected chi connectivity index (χ3v) is 3.95. The van der Waals surface area contributed by atoms with Crippen molar-refractivity contribution in [3.05, 3.63) is 75.3 Å². The number of nitrogens with zero attached hydrogens (tertiary/aromatic N) is 2. The molecule has 6 nitrogen and oxygen atoms in total. The summed E-state index contributed by atoms with van der Waals surface area (Å²) >= 11 is 0. The van der Waals surface area contributed by atoms with Crippen LogP contribution in [0.15, 0.2) is 48.5 Å². The number of carbonyl (C=O) groups excluding carboxylic acids is 1. The first-order chi connectivity index (χ1) is 12.0. The fourth-order valence-electron chi connectivity index (χ4n) is 2.63. The maximum atomic E-state index is 12.1. The van der Waals surface area contributed by atoms with E-state index in [1.54, 1.807) is 13.0 Å². The lowest BCUT2D eigenvalue weighted by molar-refractivity contribution is -0.385. The molecule has 0 unspecified atom stereocenters.